The summed E-state index contributed by atoms with van der Waals surface area (Å²) in [6, 6.07) is 0. The number of carboxylic acids is 1. The van der Waals surface area contributed by atoms with Crippen LogP contribution in [0.4, 0.5) is 0 Å². The number of amides is 4. The predicted molar refractivity (Wildman–Crippen MR) is 425 cm³/mol. The summed E-state index contributed by atoms with van der Waals surface area (Å²) in [6.45, 7) is 74.4. The molecule has 0 unspecified atom stereocenters. The van der Waals surface area contributed by atoms with Gasteiger partial charge in [0, 0.05) is 62.8 Å². The largest absolute Gasteiger partial charge is 0.481 e. The Labute approximate surface area is 567 Å². The van der Waals surface area contributed by atoms with Crippen molar-refractivity contribution in [1.29, 1.82) is 0 Å². The molecular weight excluding hydrogens is 1100 g/mol. The fourth-order valence-corrected chi connectivity index (χ4v) is 2.83. The fourth-order valence-electron chi connectivity index (χ4n) is 2.83. The second kappa shape index (κ2) is 361. The van der Waals surface area contributed by atoms with Gasteiger partial charge >= 0.3 is 0 Å². The number of aliphatic carboxylic acids is 1. The molecule has 14 nitrogen and oxygen atoms in total. The van der Waals surface area contributed by atoms with E-state index in [1.54, 1.807) is 28.2 Å². The SMILES string of the molecule is CC.CC.CC.CC.CC.CC.CC.CC.CC(=O)O.CCCCC.CCCCC.CCCCC.CCCCC.CCCCC.CCCCC.CCCCC.CCCCC.CN.CN.CN.CN.CNC(C)=O.CNC(C)=O.CNC(C)=O.CNC(C)=O. The third-order valence-electron chi connectivity index (χ3n) is 7.07. The molecule has 0 spiro atoms. The minimum Gasteiger partial charge on any atom is -0.481 e. The van der Waals surface area contributed by atoms with Gasteiger partial charge in [-0.15, -0.1) is 0 Å². The quantitative estimate of drug-likeness (QED) is 0.0706. The number of hydrogen-bond acceptors (Lipinski definition) is 9. The van der Waals surface area contributed by atoms with Crippen LogP contribution in [0, 0.1) is 0 Å². The van der Waals surface area contributed by atoms with Gasteiger partial charge in [0.25, 0.3) is 5.97 Å². The monoisotopic (exact) mass is 1290 g/mol. The highest BCUT2D eigenvalue weighted by Gasteiger charge is 1.75. The molecule has 0 rings (SSSR count). The number of nitrogens with one attached hydrogen (secondary N) is 4. The Morgan fingerprint density at radius 1 is 0.216 bits per heavy atom. The summed E-state index contributed by atoms with van der Waals surface area (Å²) >= 11 is 0. The maximum absolute atomic E-state index is 9.70. The lowest BCUT2D eigenvalue weighted by molar-refractivity contribution is -0.134. The average molecular weight is 1290 g/mol. The zero-order valence-electron chi connectivity index (χ0n) is 71.3. The predicted octanol–water partition coefficient (Wildman–Crippen LogP) is 23.2. The number of rotatable bonds is 16. The van der Waals surface area contributed by atoms with Gasteiger partial charge < -0.3 is 49.3 Å². The van der Waals surface area contributed by atoms with Crippen molar-refractivity contribution in [2.24, 2.45) is 22.9 Å². The number of carbonyl (C=O) groups excluding carboxylic acids is 4. The molecule has 0 atom stereocenters. The van der Waals surface area contributed by atoms with Gasteiger partial charge in [0.05, 0.1) is 0 Å². The maximum atomic E-state index is 9.70. The molecule has 0 heterocycles. The van der Waals surface area contributed by atoms with Gasteiger partial charge in [-0.05, 0) is 28.2 Å². The topological polar surface area (TPSA) is 258 Å². The summed E-state index contributed by atoms with van der Waals surface area (Å²) in [4.78, 5) is 47.8. The Balaban J connectivity index is -0.0000000206. The Hall–Kier alpha value is -2.81. The summed E-state index contributed by atoms with van der Waals surface area (Å²) in [5, 5.41) is 17.0. The summed E-state index contributed by atoms with van der Waals surface area (Å²) < 4.78 is 0. The highest BCUT2D eigenvalue weighted by Crippen LogP contribution is 1.91. The summed E-state index contributed by atoms with van der Waals surface area (Å²) in [7, 11) is 12.4. The third kappa shape index (κ3) is 1250. The molecule has 14 heteroatoms. The van der Waals surface area contributed by atoms with Crippen LogP contribution in [0.5, 0.6) is 0 Å². The Bertz CT molecular complexity index is 581. The second-order valence-electron chi connectivity index (χ2n) is 14.6. The smallest absolute Gasteiger partial charge is 0.300 e. The lowest BCUT2D eigenvalue weighted by Gasteiger charge is -1.80. The van der Waals surface area contributed by atoms with Crippen molar-refractivity contribution in [2.75, 3.05) is 56.4 Å². The van der Waals surface area contributed by atoms with Crippen molar-refractivity contribution in [3.05, 3.63) is 0 Å². The van der Waals surface area contributed by atoms with Crippen molar-refractivity contribution in [1.82, 2.24) is 21.3 Å². The molecule has 0 aromatic carbocycles. The number of hydrogen-bond donors (Lipinski definition) is 9. The van der Waals surface area contributed by atoms with E-state index < -0.39 is 5.97 Å². The minimum atomic E-state index is -0.833. The molecule has 0 radical (unpaired) electrons. The van der Waals surface area contributed by atoms with Crippen LogP contribution in [0.2, 0.25) is 0 Å². The van der Waals surface area contributed by atoms with E-state index in [0.717, 1.165) is 6.92 Å². The van der Waals surface area contributed by atoms with E-state index in [4.69, 9.17) is 9.90 Å². The third-order valence-corrected chi connectivity index (χ3v) is 7.07. The molecular formula is C74H196N8O6. The molecule has 0 aliphatic rings. The first kappa shape index (κ1) is 167. The molecule has 0 aromatic rings. The van der Waals surface area contributed by atoms with E-state index in [0.29, 0.717) is 0 Å². The van der Waals surface area contributed by atoms with E-state index in [1.807, 2.05) is 111 Å². The Morgan fingerprint density at radius 3 is 0.250 bits per heavy atom. The van der Waals surface area contributed by atoms with Crippen LogP contribution in [-0.4, -0.2) is 91.1 Å². The van der Waals surface area contributed by atoms with Crippen molar-refractivity contribution in [2.45, 2.75) is 410 Å². The first-order valence-corrected chi connectivity index (χ1v) is 36.4. The van der Waals surface area contributed by atoms with Gasteiger partial charge in [0.1, 0.15) is 0 Å². The van der Waals surface area contributed by atoms with Crippen molar-refractivity contribution in [3.63, 3.8) is 0 Å². The Kier molecular flexibility index (Phi) is 683. The van der Waals surface area contributed by atoms with Crippen LogP contribution in [0.25, 0.3) is 0 Å². The second-order valence-corrected chi connectivity index (χ2v) is 14.6. The molecule has 0 aromatic heterocycles. The van der Waals surface area contributed by atoms with Crippen LogP contribution in [0.15, 0.2) is 0 Å². The molecule has 0 fully saturated rings. The summed E-state index contributed by atoms with van der Waals surface area (Å²) in [6.07, 6.45) is 32.6. The lowest BCUT2D eigenvalue weighted by atomic mass is 10.3. The lowest BCUT2D eigenvalue weighted by Crippen LogP contribution is -2.11. The summed E-state index contributed by atoms with van der Waals surface area (Å²) in [5.74, 6) is -0.815. The molecule has 0 aliphatic heterocycles. The normalized spacial score (nSPS) is 6.47. The van der Waals surface area contributed by atoms with Gasteiger partial charge in [-0.3, -0.25) is 24.0 Å². The highest BCUT2D eigenvalue weighted by molar-refractivity contribution is 5.73. The molecule has 0 saturated heterocycles. The first-order chi connectivity index (χ1) is 42.1. The Morgan fingerprint density at radius 2 is 0.250 bits per heavy atom. The fraction of sp³-hybridized carbons (Fsp3) is 0.932. The minimum absolute atomic E-state index is 0.00463. The van der Waals surface area contributed by atoms with Gasteiger partial charge in [-0.1, -0.05) is 376 Å². The molecule has 4 amide bonds. The zero-order chi connectivity index (χ0) is 77.7. The van der Waals surface area contributed by atoms with Crippen LogP contribution in [0.3, 0.4) is 0 Å². The number of carbonyl (C=O) groups is 5. The standard InChI is InChI=1S/8C5H12.4C3H7NO.C2H4O2.8C2H6.4CH5N/c8*1-3-5-4-2;4*1-3(5)4-2;1-2(3)4;12*1-2/h8*3-5H2,1-2H3;4*1-2H3,(H,4,5);1H3,(H,3,4);8*1-2H3;4*2H2,1H3. The van der Waals surface area contributed by atoms with Gasteiger partial charge in [0.2, 0.25) is 23.6 Å². The molecule has 568 valence electrons. The zero-order valence-corrected chi connectivity index (χ0v) is 71.3. The van der Waals surface area contributed by atoms with Crippen LogP contribution >= 0.6 is 0 Å². The number of nitrogens with two attached hydrogens (primary N) is 4. The average Bonchev–Trinajstić information content (AvgIpc) is 3.58. The van der Waals surface area contributed by atoms with E-state index in [-0.39, 0.29) is 23.6 Å². The number of carboxylic acid groups (broad SMARTS) is 1. The van der Waals surface area contributed by atoms with Crippen molar-refractivity contribution in [3.8, 4) is 0 Å². The highest BCUT2D eigenvalue weighted by atomic mass is 16.4. The molecule has 0 saturated carbocycles. The molecule has 13 N–H and O–H groups in total. The molecule has 88 heavy (non-hydrogen) atoms. The van der Waals surface area contributed by atoms with E-state index >= 15 is 0 Å². The van der Waals surface area contributed by atoms with Crippen molar-refractivity contribution >= 4 is 29.6 Å². The van der Waals surface area contributed by atoms with Crippen LogP contribution in [-0.2, 0) is 24.0 Å². The van der Waals surface area contributed by atoms with Crippen LogP contribution in [0.1, 0.15) is 410 Å². The molecule has 0 bridgehead atoms. The van der Waals surface area contributed by atoms with Gasteiger partial charge in [-0.2, -0.15) is 0 Å². The maximum Gasteiger partial charge on any atom is 0.300 e. The summed E-state index contributed by atoms with van der Waals surface area (Å²) in [5.41, 5.74) is 18.0. The van der Waals surface area contributed by atoms with E-state index in [1.165, 1.54) is 210 Å². The van der Waals surface area contributed by atoms with Crippen LogP contribution < -0.4 is 44.2 Å². The number of unbranched alkanes of at least 4 members (excludes halogenated alkanes) is 16. The van der Waals surface area contributed by atoms with Crippen molar-refractivity contribution < 1.29 is 29.1 Å². The van der Waals surface area contributed by atoms with E-state index in [9.17, 15) is 19.2 Å². The first-order valence-electron chi connectivity index (χ1n) is 36.4. The molecule has 0 aliphatic carbocycles. The van der Waals surface area contributed by atoms with Gasteiger partial charge in [-0.25, -0.2) is 0 Å². The van der Waals surface area contributed by atoms with E-state index in [2.05, 4.69) is 155 Å². The van der Waals surface area contributed by atoms with Gasteiger partial charge in [0.15, 0.2) is 0 Å².